The summed E-state index contributed by atoms with van der Waals surface area (Å²) in [5.74, 6) is -0.513. The number of unbranched alkanes of at least 4 members (excludes halogenated alkanes) is 2. The van der Waals surface area contributed by atoms with Crippen LogP contribution in [0.2, 0.25) is 0 Å². The smallest absolute Gasteiger partial charge is 0.263 e. The van der Waals surface area contributed by atoms with E-state index in [9.17, 15) is 12.8 Å². The Labute approximate surface area is 120 Å². The largest absolute Gasteiger partial charge is 0.346 e. The van der Waals surface area contributed by atoms with E-state index >= 15 is 0 Å². The molecule has 0 atom stereocenters. The third-order valence-corrected chi connectivity index (χ3v) is 4.36. The zero-order valence-corrected chi connectivity index (χ0v) is 12.1. The molecule has 0 spiro atoms. The maximum atomic E-state index is 13.3. The first-order valence-electron chi connectivity index (χ1n) is 6.03. The number of aromatic nitrogens is 1. The van der Waals surface area contributed by atoms with E-state index in [0.717, 1.165) is 18.9 Å². The van der Waals surface area contributed by atoms with Gasteiger partial charge in [0.2, 0.25) is 0 Å². The SMILES string of the molecule is N#CCCCCn1cc(S(=O)(=O)Cl)c2cc(F)ccc21. The molecule has 1 aromatic heterocycles. The van der Waals surface area contributed by atoms with Gasteiger partial charge in [0, 0.05) is 40.7 Å². The van der Waals surface area contributed by atoms with Crippen LogP contribution in [0.1, 0.15) is 19.3 Å². The molecule has 0 bridgehead atoms. The zero-order chi connectivity index (χ0) is 14.8. The monoisotopic (exact) mass is 314 g/mol. The average Bonchev–Trinajstić information content (AvgIpc) is 2.72. The maximum Gasteiger partial charge on any atom is 0.263 e. The quantitative estimate of drug-likeness (QED) is 0.627. The lowest BCUT2D eigenvalue weighted by Crippen LogP contribution is -1.96. The van der Waals surface area contributed by atoms with Gasteiger partial charge in [0.15, 0.2) is 0 Å². The van der Waals surface area contributed by atoms with Gasteiger partial charge in [-0.1, -0.05) is 0 Å². The molecule has 20 heavy (non-hydrogen) atoms. The van der Waals surface area contributed by atoms with Crippen LogP contribution in [-0.4, -0.2) is 13.0 Å². The molecule has 2 rings (SSSR count). The summed E-state index contributed by atoms with van der Waals surface area (Å²) < 4.78 is 38.1. The Kier molecular flexibility index (Phi) is 4.31. The van der Waals surface area contributed by atoms with Crippen molar-refractivity contribution in [3.8, 4) is 6.07 Å². The third-order valence-electron chi connectivity index (χ3n) is 3.01. The van der Waals surface area contributed by atoms with Gasteiger partial charge in [-0.3, -0.25) is 0 Å². The fraction of sp³-hybridized carbons (Fsp3) is 0.308. The first kappa shape index (κ1) is 14.8. The van der Waals surface area contributed by atoms with Crippen LogP contribution in [0.4, 0.5) is 4.39 Å². The average molecular weight is 315 g/mol. The van der Waals surface area contributed by atoms with Gasteiger partial charge in [0.1, 0.15) is 10.7 Å². The molecule has 7 heteroatoms. The van der Waals surface area contributed by atoms with Crippen LogP contribution in [0.5, 0.6) is 0 Å². The van der Waals surface area contributed by atoms with Gasteiger partial charge >= 0.3 is 0 Å². The molecule has 1 aromatic carbocycles. The summed E-state index contributed by atoms with van der Waals surface area (Å²) in [6.45, 7) is 0.552. The minimum atomic E-state index is -3.93. The second kappa shape index (κ2) is 5.81. The summed E-state index contributed by atoms with van der Waals surface area (Å²) in [5, 5.41) is 8.76. The summed E-state index contributed by atoms with van der Waals surface area (Å²) in [6.07, 6.45) is 3.32. The second-order valence-corrected chi connectivity index (χ2v) is 6.94. The van der Waals surface area contributed by atoms with E-state index in [1.807, 2.05) is 0 Å². The summed E-state index contributed by atoms with van der Waals surface area (Å²) in [7, 11) is 1.45. The highest BCUT2D eigenvalue weighted by atomic mass is 35.7. The van der Waals surface area contributed by atoms with Crippen molar-refractivity contribution in [2.75, 3.05) is 0 Å². The molecule has 0 unspecified atom stereocenters. The van der Waals surface area contributed by atoms with Gasteiger partial charge in [0.05, 0.1) is 6.07 Å². The number of hydrogen-bond donors (Lipinski definition) is 0. The maximum absolute atomic E-state index is 13.3. The van der Waals surface area contributed by atoms with E-state index in [0.29, 0.717) is 18.5 Å². The Hall–Kier alpha value is -1.58. The molecule has 0 amide bonds. The van der Waals surface area contributed by atoms with Crippen LogP contribution in [0.25, 0.3) is 10.9 Å². The van der Waals surface area contributed by atoms with Crippen LogP contribution in [0.3, 0.4) is 0 Å². The fourth-order valence-electron chi connectivity index (χ4n) is 2.10. The Bertz CT molecular complexity index is 778. The molecule has 0 aliphatic rings. The van der Waals surface area contributed by atoms with Gasteiger partial charge in [-0.05, 0) is 31.0 Å². The van der Waals surface area contributed by atoms with Crippen molar-refractivity contribution < 1.29 is 12.8 Å². The number of halogens is 2. The van der Waals surface area contributed by atoms with Crippen molar-refractivity contribution >= 4 is 30.6 Å². The summed E-state index contributed by atoms with van der Waals surface area (Å²) in [5.41, 5.74) is 0.614. The number of benzene rings is 1. The molecule has 0 fully saturated rings. The topological polar surface area (TPSA) is 62.9 Å². The van der Waals surface area contributed by atoms with Gasteiger partial charge in [0.25, 0.3) is 9.05 Å². The van der Waals surface area contributed by atoms with Crippen molar-refractivity contribution in [1.82, 2.24) is 4.57 Å². The van der Waals surface area contributed by atoms with Crippen molar-refractivity contribution in [3.05, 3.63) is 30.2 Å². The molecular weight excluding hydrogens is 303 g/mol. The Morgan fingerprint density at radius 2 is 2.10 bits per heavy atom. The lowest BCUT2D eigenvalue weighted by molar-refractivity contribution is 0.607. The first-order chi connectivity index (χ1) is 9.43. The van der Waals surface area contributed by atoms with Crippen molar-refractivity contribution in [2.24, 2.45) is 0 Å². The Balaban J connectivity index is 2.43. The van der Waals surface area contributed by atoms with Gasteiger partial charge in [-0.15, -0.1) is 0 Å². The summed E-state index contributed by atoms with van der Waals surface area (Å²) in [6, 6.07) is 6.02. The number of hydrogen-bond acceptors (Lipinski definition) is 3. The Morgan fingerprint density at radius 1 is 1.35 bits per heavy atom. The molecule has 0 saturated carbocycles. The van der Waals surface area contributed by atoms with Crippen molar-refractivity contribution in [1.29, 1.82) is 5.26 Å². The molecule has 1 heterocycles. The molecule has 0 aliphatic heterocycles. The van der Waals surface area contributed by atoms with Gasteiger partial charge < -0.3 is 4.57 Å². The van der Waals surface area contributed by atoms with E-state index in [2.05, 4.69) is 6.07 Å². The first-order valence-corrected chi connectivity index (χ1v) is 8.34. The summed E-state index contributed by atoms with van der Waals surface area (Å²) in [4.78, 5) is -0.0889. The van der Waals surface area contributed by atoms with Crippen LogP contribution < -0.4 is 0 Å². The minimum Gasteiger partial charge on any atom is -0.346 e. The van der Waals surface area contributed by atoms with E-state index in [1.165, 1.54) is 18.3 Å². The van der Waals surface area contributed by atoms with Crippen LogP contribution in [-0.2, 0) is 15.6 Å². The normalized spacial score (nSPS) is 11.7. The van der Waals surface area contributed by atoms with Crippen molar-refractivity contribution in [3.63, 3.8) is 0 Å². The molecule has 0 radical (unpaired) electrons. The number of nitrogens with zero attached hydrogens (tertiary/aromatic N) is 2. The van der Waals surface area contributed by atoms with Crippen LogP contribution >= 0.6 is 10.7 Å². The fourth-order valence-corrected chi connectivity index (χ4v) is 3.15. The molecule has 0 saturated heterocycles. The molecule has 106 valence electrons. The van der Waals surface area contributed by atoms with Crippen LogP contribution in [0.15, 0.2) is 29.3 Å². The molecular formula is C13H12ClFN2O2S. The van der Waals surface area contributed by atoms with Gasteiger partial charge in [-0.25, -0.2) is 12.8 Å². The lowest BCUT2D eigenvalue weighted by atomic mass is 10.2. The number of fused-ring (bicyclic) bond motifs is 1. The van der Waals surface area contributed by atoms with E-state index in [-0.39, 0.29) is 10.3 Å². The summed E-state index contributed by atoms with van der Waals surface area (Å²) >= 11 is 0. The number of nitriles is 1. The number of rotatable bonds is 5. The third kappa shape index (κ3) is 3.11. The Morgan fingerprint density at radius 3 is 2.75 bits per heavy atom. The highest BCUT2D eigenvalue weighted by Crippen LogP contribution is 2.29. The van der Waals surface area contributed by atoms with E-state index < -0.39 is 14.9 Å². The predicted octanol–water partition coefficient (Wildman–Crippen LogP) is 3.40. The molecule has 0 N–H and O–H groups in total. The highest BCUT2D eigenvalue weighted by Gasteiger charge is 2.19. The minimum absolute atomic E-state index is 0.0889. The lowest BCUT2D eigenvalue weighted by Gasteiger charge is -2.03. The highest BCUT2D eigenvalue weighted by molar-refractivity contribution is 8.14. The van der Waals surface area contributed by atoms with Crippen molar-refractivity contribution in [2.45, 2.75) is 30.7 Å². The molecule has 4 nitrogen and oxygen atoms in total. The second-order valence-electron chi connectivity index (χ2n) is 4.40. The number of aryl methyl sites for hydroxylation is 1. The molecule has 0 aliphatic carbocycles. The predicted molar refractivity (Wildman–Crippen MR) is 74.4 cm³/mol. The zero-order valence-electron chi connectivity index (χ0n) is 10.5. The van der Waals surface area contributed by atoms with E-state index in [4.69, 9.17) is 15.9 Å². The van der Waals surface area contributed by atoms with Crippen LogP contribution in [0, 0.1) is 17.1 Å². The van der Waals surface area contributed by atoms with E-state index in [1.54, 1.807) is 4.57 Å². The van der Waals surface area contributed by atoms with Gasteiger partial charge in [-0.2, -0.15) is 5.26 Å². The standard InChI is InChI=1S/C13H12ClFN2O2S/c14-20(18,19)13-9-17(7-3-1-2-6-16)12-5-4-10(15)8-11(12)13/h4-5,8-9H,1-3,7H2. The molecule has 2 aromatic rings.